The zero-order valence-corrected chi connectivity index (χ0v) is 24.9. The molecule has 8 heteroatoms. The van der Waals surface area contributed by atoms with Gasteiger partial charge in [-0.1, -0.05) is 70.4 Å². The van der Waals surface area contributed by atoms with Crippen LogP contribution in [0.15, 0.2) is 12.2 Å². The van der Waals surface area contributed by atoms with E-state index in [1.165, 1.54) is 49.8 Å². The summed E-state index contributed by atoms with van der Waals surface area (Å²) in [5.74, 6) is -2.69. The van der Waals surface area contributed by atoms with Crippen LogP contribution in [0.4, 0.5) is 0 Å². The Balaban J connectivity index is -0.00000420. The van der Waals surface area contributed by atoms with Crippen molar-refractivity contribution in [2.45, 2.75) is 110 Å². The van der Waals surface area contributed by atoms with Crippen LogP contribution in [0.3, 0.4) is 0 Å². The zero-order chi connectivity index (χ0) is 22.5. The molecule has 0 unspecified atom stereocenters. The molecule has 32 heavy (non-hydrogen) atoms. The third-order valence-corrected chi connectivity index (χ3v) is 5.18. The number of allylic oxidation sites excluding steroid dienone is 2. The number of unbranched alkanes of at least 4 members (excludes halogenated alkanes) is 11. The topological polar surface area (TPSA) is 101 Å². The van der Waals surface area contributed by atoms with Gasteiger partial charge in [-0.25, -0.2) is 0 Å². The maximum absolute atomic E-state index is 12.2. The van der Waals surface area contributed by atoms with Gasteiger partial charge in [0.05, 0.1) is 0 Å². The van der Waals surface area contributed by atoms with Crippen LogP contribution in [0.5, 0.6) is 0 Å². The Kier molecular flexibility index (Phi) is 31.4. The van der Waals surface area contributed by atoms with Gasteiger partial charge in [0.1, 0.15) is 0 Å². The van der Waals surface area contributed by atoms with Gasteiger partial charge in [0, 0.05) is 44.3 Å². The molecule has 6 nitrogen and oxygen atoms in total. The molecule has 0 aromatic carbocycles. The molecule has 0 fully saturated rings. The number of aliphatic carboxylic acids is 2. The van der Waals surface area contributed by atoms with E-state index in [0.717, 1.165) is 38.5 Å². The number of amides is 1. The number of hydrogen-bond donors (Lipinski definition) is 0. The number of carboxylic acid groups (broad SMARTS) is 2. The van der Waals surface area contributed by atoms with Gasteiger partial charge in [0.2, 0.25) is 5.91 Å². The molecule has 0 aromatic rings. The number of hydrogen-bond acceptors (Lipinski definition) is 5. The SMILES string of the molecule is CCCCCCCC/C=C\CCCCCCCC(=O)N(CCC(=O)[O-])CCC(=O)[O-].[Na+].[Na+]. The van der Waals surface area contributed by atoms with Crippen LogP contribution in [0, 0.1) is 0 Å². The van der Waals surface area contributed by atoms with Gasteiger partial charge in [-0.2, -0.15) is 0 Å². The maximum atomic E-state index is 12.2. The van der Waals surface area contributed by atoms with Gasteiger partial charge in [-0.3, -0.25) is 4.79 Å². The van der Waals surface area contributed by atoms with Crippen molar-refractivity contribution < 1.29 is 83.7 Å². The number of carbonyl (C=O) groups excluding carboxylic acids is 3. The van der Waals surface area contributed by atoms with Crippen molar-refractivity contribution in [3.05, 3.63) is 12.2 Å². The van der Waals surface area contributed by atoms with E-state index in [0.29, 0.717) is 6.42 Å². The van der Waals surface area contributed by atoms with Crippen molar-refractivity contribution in [2.75, 3.05) is 13.1 Å². The van der Waals surface area contributed by atoms with E-state index in [9.17, 15) is 24.6 Å². The molecule has 0 radical (unpaired) electrons. The third kappa shape index (κ3) is 26.4. The van der Waals surface area contributed by atoms with Gasteiger partial charge in [0.15, 0.2) is 0 Å². The fourth-order valence-corrected chi connectivity index (χ4v) is 3.32. The van der Waals surface area contributed by atoms with E-state index in [-0.39, 0.29) is 91.0 Å². The Morgan fingerprint density at radius 1 is 0.625 bits per heavy atom. The Labute approximate surface area is 239 Å². The van der Waals surface area contributed by atoms with Crippen molar-refractivity contribution in [1.82, 2.24) is 4.90 Å². The van der Waals surface area contributed by atoms with Gasteiger partial charge in [0.25, 0.3) is 0 Å². The normalized spacial score (nSPS) is 10.4. The predicted octanol–water partition coefficient (Wildman–Crippen LogP) is -2.86. The average molecular weight is 470 g/mol. The number of carboxylic acids is 2. The molecule has 0 aliphatic rings. The van der Waals surface area contributed by atoms with Gasteiger partial charge in [-0.15, -0.1) is 0 Å². The monoisotopic (exact) mass is 469 g/mol. The first-order chi connectivity index (χ1) is 14.5. The predicted molar refractivity (Wildman–Crippen MR) is 115 cm³/mol. The summed E-state index contributed by atoms with van der Waals surface area (Å²) in [6.07, 6.45) is 19.6. The standard InChI is InChI=1S/C24H43NO5.2Na/c1-2-3-4-5-6-7-8-9-10-11-12-13-14-15-16-17-22(26)25(20-18-23(27)28)21-19-24(29)30;;/h9-10H,2-8,11-21H2,1H3,(H,27,28)(H,29,30);;/q;2*+1/p-2/b10-9-;;. The molecule has 0 bridgehead atoms. The first-order valence-corrected chi connectivity index (χ1v) is 11.8. The molecule has 0 aliphatic heterocycles. The Hall–Kier alpha value is 0.150. The quantitative estimate of drug-likeness (QED) is 0.102. The summed E-state index contributed by atoms with van der Waals surface area (Å²) in [5, 5.41) is 21.2. The summed E-state index contributed by atoms with van der Waals surface area (Å²) in [7, 11) is 0. The molecule has 0 heterocycles. The van der Waals surface area contributed by atoms with E-state index in [1.807, 2.05) is 0 Å². The molecule has 174 valence electrons. The van der Waals surface area contributed by atoms with Crippen molar-refractivity contribution in [3.8, 4) is 0 Å². The van der Waals surface area contributed by atoms with Crippen molar-refractivity contribution in [2.24, 2.45) is 0 Å². The third-order valence-electron chi connectivity index (χ3n) is 5.18. The van der Waals surface area contributed by atoms with Crippen LogP contribution in [-0.4, -0.2) is 35.8 Å². The Morgan fingerprint density at radius 3 is 1.47 bits per heavy atom. The van der Waals surface area contributed by atoms with Crippen molar-refractivity contribution in [1.29, 1.82) is 0 Å². The van der Waals surface area contributed by atoms with E-state index < -0.39 is 11.9 Å². The van der Waals surface area contributed by atoms with E-state index >= 15 is 0 Å². The van der Waals surface area contributed by atoms with Crippen LogP contribution in [-0.2, 0) is 14.4 Å². The fourth-order valence-electron chi connectivity index (χ4n) is 3.32. The minimum atomic E-state index is -1.25. The molecule has 0 saturated heterocycles. The van der Waals surface area contributed by atoms with Gasteiger partial charge < -0.3 is 24.7 Å². The first kappa shape index (κ1) is 36.7. The zero-order valence-electron chi connectivity index (χ0n) is 20.9. The second-order valence-corrected chi connectivity index (χ2v) is 7.96. The molecule has 0 N–H and O–H groups in total. The number of rotatable bonds is 21. The molecule has 0 spiro atoms. The molecule has 1 amide bonds. The summed E-state index contributed by atoms with van der Waals surface area (Å²) >= 11 is 0. The molecular formula is C24H41NNa2O5. The van der Waals surface area contributed by atoms with Crippen molar-refractivity contribution in [3.63, 3.8) is 0 Å². The summed E-state index contributed by atoms with van der Waals surface area (Å²) in [5.41, 5.74) is 0. The first-order valence-electron chi connectivity index (χ1n) is 11.8. The van der Waals surface area contributed by atoms with Crippen LogP contribution < -0.4 is 69.3 Å². The van der Waals surface area contributed by atoms with Gasteiger partial charge >= 0.3 is 59.1 Å². The molecule has 0 atom stereocenters. The summed E-state index contributed by atoms with van der Waals surface area (Å²) in [6, 6.07) is 0. The van der Waals surface area contributed by atoms with Crippen molar-refractivity contribution >= 4 is 17.8 Å². The van der Waals surface area contributed by atoms with Crippen LogP contribution in [0.2, 0.25) is 0 Å². The molecular weight excluding hydrogens is 428 g/mol. The van der Waals surface area contributed by atoms with E-state index in [2.05, 4.69) is 19.1 Å². The summed E-state index contributed by atoms with van der Waals surface area (Å²) < 4.78 is 0. The van der Waals surface area contributed by atoms with Crippen LogP contribution >= 0.6 is 0 Å². The average Bonchev–Trinajstić information content (AvgIpc) is 2.70. The molecule has 0 rings (SSSR count). The maximum Gasteiger partial charge on any atom is 1.00 e. The number of carbonyl (C=O) groups is 3. The van der Waals surface area contributed by atoms with Gasteiger partial charge in [-0.05, 0) is 32.1 Å². The Bertz CT molecular complexity index is 483. The Morgan fingerprint density at radius 2 is 1.03 bits per heavy atom. The van der Waals surface area contributed by atoms with E-state index in [1.54, 1.807) is 0 Å². The number of nitrogens with zero attached hydrogens (tertiary/aromatic N) is 1. The van der Waals surface area contributed by atoms with Crippen LogP contribution in [0.25, 0.3) is 0 Å². The van der Waals surface area contributed by atoms with Crippen LogP contribution in [0.1, 0.15) is 110 Å². The molecule has 0 saturated carbocycles. The largest absolute Gasteiger partial charge is 1.00 e. The molecule has 0 aromatic heterocycles. The van der Waals surface area contributed by atoms with E-state index in [4.69, 9.17) is 0 Å². The fraction of sp³-hybridized carbons (Fsp3) is 0.792. The second-order valence-electron chi connectivity index (χ2n) is 7.96. The summed E-state index contributed by atoms with van der Waals surface area (Å²) in [4.78, 5) is 34.7. The smallest absolute Gasteiger partial charge is 0.550 e. The second kappa shape index (κ2) is 27.4. The minimum Gasteiger partial charge on any atom is -0.550 e. The minimum absolute atomic E-state index is 0. The molecule has 0 aliphatic carbocycles. The summed E-state index contributed by atoms with van der Waals surface area (Å²) in [6.45, 7) is 2.21.